The van der Waals surface area contributed by atoms with E-state index in [2.05, 4.69) is 10.6 Å². The molecule has 3 rings (SSSR count). The number of carbonyl (C=O) groups excluding carboxylic acids is 2. The van der Waals surface area contributed by atoms with E-state index < -0.39 is 17.7 Å². The minimum absolute atomic E-state index is 0.241. The van der Waals surface area contributed by atoms with E-state index in [1.165, 1.54) is 32.1 Å². The van der Waals surface area contributed by atoms with Gasteiger partial charge < -0.3 is 24.8 Å². The molecule has 1 saturated carbocycles. The van der Waals surface area contributed by atoms with Crippen molar-refractivity contribution in [3.05, 3.63) is 59.7 Å². The number of ether oxygens (including phenoxy) is 3. The lowest BCUT2D eigenvalue weighted by Crippen LogP contribution is -2.49. The number of methoxy groups -OCH3 is 1. The molecular formula is C30H42N2O5S. The Balaban J connectivity index is 1.59. The molecule has 1 fully saturated rings. The molecule has 0 spiro atoms. The minimum Gasteiger partial charge on any atom is -0.493 e. The van der Waals surface area contributed by atoms with E-state index in [0.29, 0.717) is 36.3 Å². The van der Waals surface area contributed by atoms with Crippen molar-refractivity contribution in [2.24, 2.45) is 5.92 Å². The quantitative estimate of drug-likeness (QED) is 0.337. The molecule has 1 aliphatic rings. The van der Waals surface area contributed by atoms with Crippen LogP contribution in [0.4, 0.5) is 4.79 Å². The fourth-order valence-corrected chi connectivity index (χ4v) is 5.60. The average molecular weight is 543 g/mol. The van der Waals surface area contributed by atoms with E-state index >= 15 is 0 Å². The van der Waals surface area contributed by atoms with Gasteiger partial charge in [-0.1, -0.05) is 55.7 Å². The molecule has 208 valence electrons. The van der Waals surface area contributed by atoms with Gasteiger partial charge in [-0.2, -0.15) is 11.8 Å². The highest BCUT2D eigenvalue weighted by molar-refractivity contribution is 7.99. The van der Waals surface area contributed by atoms with Crippen molar-refractivity contribution in [2.75, 3.05) is 18.6 Å². The topological polar surface area (TPSA) is 85.9 Å². The Kier molecular flexibility index (Phi) is 11.6. The number of hydrogen-bond acceptors (Lipinski definition) is 6. The molecule has 1 atom stereocenters. The lowest BCUT2D eigenvalue weighted by atomic mass is 9.91. The summed E-state index contributed by atoms with van der Waals surface area (Å²) in [6.07, 6.45) is 5.79. The van der Waals surface area contributed by atoms with Gasteiger partial charge in [-0.3, -0.25) is 4.79 Å². The number of carbonyl (C=O) groups is 2. The molecule has 38 heavy (non-hydrogen) atoms. The summed E-state index contributed by atoms with van der Waals surface area (Å²) in [6.45, 7) is 6.12. The molecule has 0 saturated heterocycles. The van der Waals surface area contributed by atoms with Gasteiger partial charge in [-0.05, 0) is 68.5 Å². The summed E-state index contributed by atoms with van der Waals surface area (Å²) in [5.74, 6) is 3.17. The number of hydrogen-bond donors (Lipinski definition) is 2. The standard InChI is InChI=1S/C30H42N2O5S/c1-30(2,3)37-29(34)32-25(21-38-20-23-13-9-6-10-14-23)28(33)31-18-24-15-16-26(35-4)27(17-24)36-19-22-11-7-5-8-12-22/h5,7-8,11-12,15-17,23,25H,6,9-10,13-14,18-21H2,1-4H3,(H,31,33)(H,32,34)/t25-/m0/s1. The van der Waals surface area contributed by atoms with Crippen LogP contribution in [-0.4, -0.2) is 42.3 Å². The van der Waals surface area contributed by atoms with Gasteiger partial charge in [0.15, 0.2) is 11.5 Å². The maximum absolute atomic E-state index is 13.2. The highest BCUT2D eigenvalue weighted by atomic mass is 32.2. The molecule has 7 nitrogen and oxygen atoms in total. The number of thioether (sulfide) groups is 1. The van der Waals surface area contributed by atoms with Gasteiger partial charge in [-0.25, -0.2) is 4.79 Å². The van der Waals surface area contributed by atoms with Gasteiger partial charge in [0, 0.05) is 12.3 Å². The monoisotopic (exact) mass is 542 g/mol. The first-order chi connectivity index (χ1) is 18.2. The molecule has 0 heterocycles. The SMILES string of the molecule is COc1ccc(CNC(=O)[C@H](CSCC2CCCCC2)NC(=O)OC(C)(C)C)cc1OCc1ccccc1. The van der Waals surface area contributed by atoms with Gasteiger partial charge in [0.05, 0.1) is 7.11 Å². The predicted octanol–water partition coefficient (Wildman–Crippen LogP) is 6.10. The van der Waals surface area contributed by atoms with Gasteiger partial charge >= 0.3 is 6.09 Å². The van der Waals surface area contributed by atoms with Crippen LogP contribution in [0, 0.1) is 5.92 Å². The van der Waals surface area contributed by atoms with Gasteiger partial charge in [0.25, 0.3) is 0 Å². The van der Waals surface area contributed by atoms with Crippen molar-refractivity contribution >= 4 is 23.8 Å². The second kappa shape index (κ2) is 14.9. The van der Waals surface area contributed by atoms with Crippen LogP contribution in [0.5, 0.6) is 11.5 Å². The normalized spacial score (nSPS) is 14.8. The molecule has 0 radical (unpaired) electrons. The molecule has 0 aliphatic heterocycles. The first-order valence-electron chi connectivity index (χ1n) is 13.4. The Morgan fingerprint density at radius 3 is 2.42 bits per heavy atom. The van der Waals surface area contributed by atoms with Crippen LogP contribution in [0.2, 0.25) is 0 Å². The molecule has 2 N–H and O–H groups in total. The molecular weight excluding hydrogens is 500 g/mol. The summed E-state index contributed by atoms with van der Waals surface area (Å²) < 4.78 is 16.9. The largest absolute Gasteiger partial charge is 0.493 e. The van der Waals surface area contributed by atoms with Crippen LogP contribution < -0.4 is 20.1 Å². The third-order valence-corrected chi connectivity index (χ3v) is 7.58. The smallest absolute Gasteiger partial charge is 0.408 e. The molecule has 0 bridgehead atoms. The molecule has 2 aromatic carbocycles. The molecule has 2 amide bonds. The maximum Gasteiger partial charge on any atom is 0.408 e. The first-order valence-corrected chi connectivity index (χ1v) is 14.6. The lowest BCUT2D eigenvalue weighted by Gasteiger charge is -2.24. The summed E-state index contributed by atoms with van der Waals surface area (Å²) in [6, 6.07) is 14.8. The Hall–Kier alpha value is -2.87. The summed E-state index contributed by atoms with van der Waals surface area (Å²) in [4.78, 5) is 25.6. The zero-order valence-electron chi connectivity index (χ0n) is 23.1. The first kappa shape index (κ1) is 29.7. The number of benzene rings is 2. The van der Waals surface area contributed by atoms with Crippen LogP contribution in [-0.2, 0) is 22.7 Å². The second-order valence-corrected chi connectivity index (χ2v) is 11.8. The van der Waals surface area contributed by atoms with E-state index in [-0.39, 0.29) is 5.91 Å². The van der Waals surface area contributed by atoms with Gasteiger partial charge in [0.2, 0.25) is 5.91 Å². The Morgan fingerprint density at radius 1 is 1.00 bits per heavy atom. The third-order valence-electron chi connectivity index (χ3n) is 6.30. The van der Waals surface area contributed by atoms with Crippen LogP contribution in [0.3, 0.4) is 0 Å². The summed E-state index contributed by atoms with van der Waals surface area (Å²) in [5, 5.41) is 5.75. The van der Waals surface area contributed by atoms with Crippen molar-refractivity contribution < 1.29 is 23.8 Å². The fraction of sp³-hybridized carbons (Fsp3) is 0.533. The summed E-state index contributed by atoms with van der Waals surface area (Å²) >= 11 is 1.72. The van der Waals surface area contributed by atoms with Crippen molar-refractivity contribution in [1.29, 1.82) is 0 Å². The van der Waals surface area contributed by atoms with E-state index in [0.717, 1.165) is 16.9 Å². The van der Waals surface area contributed by atoms with E-state index in [1.807, 2.05) is 48.5 Å². The minimum atomic E-state index is -0.689. The molecule has 0 unspecified atom stereocenters. The van der Waals surface area contributed by atoms with Gasteiger partial charge in [0.1, 0.15) is 18.2 Å². The molecule has 2 aromatic rings. The van der Waals surface area contributed by atoms with Crippen LogP contribution in [0.25, 0.3) is 0 Å². The third kappa shape index (κ3) is 10.5. The number of nitrogens with one attached hydrogen (secondary N) is 2. The van der Waals surface area contributed by atoms with E-state index in [1.54, 1.807) is 39.6 Å². The highest BCUT2D eigenvalue weighted by Crippen LogP contribution is 2.29. The lowest BCUT2D eigenvalue weighted by molar-refractivity contribution is -0.122. The zero-order chi connectivity index (χ0) is 27.4. The maximum atomic E-state index is 13.2. The molecule has 0 aromatic heterocycles. The number of alkyl carbamates (subject to hydrolysis) is 1. The zero-order valence-corrected chi connectivity index (χ0v) is 23.9. The average Bonchev–Trinajstić information content (AvgIpc) is 2.90. The van der Waals surface area contributed by atoms with E-state index in [4.69, 9.17) is 14.2 Å². The van der Waals surface area contributed by atoms with Crippen molar-refractivity contribution in [2.45, 2.75) is 77.7 Å². The van der Waals surface area contributed by atoms with Crippen LogP contribution >= 0.6 is 11.8 Å². The molecule has 1 aliphatic carbocycles. The fourth-order valence-electron chi connectivity index (χ4n) is 4.33. The van der Waals surface area contributed by atoms with Gasteiger partial charge in [-0.15, -0.1) is 0 Å². The van der Waals surface area contributed by atoms with Crippen LogP contribution in [0.15, 0.2) is 48.5 Å². The molecule has 8 heteroatoms. The van der Waals surface area contributed by atoms with Crippen molar-refractivity contribution in [3.63, 3.8) is 0 Å². The second-order valence-electron chi connectivity index (χ2n) is 10.7. The summed E-state index contributed by atoms with van der Waals surface area (Å²) in [5.41, 5.74) is 1.28. The van der Waals surface area contributed by atoms with E-state index in [9.17, 15) is 9.59 Å². The van der Waals surface area contributed by atoms with Crippen molar-refractivity contribution in [3.8, 4) is 11.5 Å². The van der Waals surface area contributed by atoms with Crippen LogP contribution in [0.1, 0.15) is 64.0 Å². The highest BCUT2D eigenvalue weighted by Gasteiger charge is 2.25. The summed E-state index contributed by atoms with van der Waals surface area (Å²) in [7, 11) is 1.60. The Bertz CT molecular complexity index is 1020. The number of amides is 2. The van der Waals surface area contributed by atoms with Crippen molar-refractivity contribution in [1.82, 2.24) is 10.6 Å². The Labute approximate surface area is 231 Å². The number of rotatable bonds is 12. The predicted molar refractivity (Wildman–Crippen MR) is 153 cm³/mol. The Morgan fingerprint density at radius 2 is 1.74 bits per heavy atom.